The van der Waals surface area contributed by atoms with Crippen molar-refractivity contribution in [2.24, 2.45) is 0 Å². The summed E-state index contributed by atoms with van der Waals surface area (Å²) in [6.45, 7) is 0.692. The molecule has 0 spiro atoms. The molecule has 2 aromatic rings. The lowest BCUT2D eigenvalue weighted by Gasteiger charge is -2.25. The van der Waals surface area contributed by atoms with E-state index in [1.165, 1.54) is 0 Å². The van der Waals surface area contributed by atoms with E-state index in [1.807, 2.05) is 18.2 Å². The first-order valence-electron chi connectivity index (χ1n) is 8.07. The van der Waals surface area contributed by atoms with Gasteiger partial charge >= 0.3 is 0 Å². The molecule has 0 amide bonds. The van der Waals surface area contributed by atoms with Crippen molar-refractivity contribution in [2.45, 2.75) is 12.1 Å². The predicted octanol–water partition coefficient (Wildman–Crippen LogP) is 1.50. The van der Waals surface area contributed by atoms with Crippen molar-refractivity contribution in [3.63, 3.8) is 0 Å². The van der Waals surface area contributed by atoms with Gasteiger partial charge in [-0.1, -0.05) is 12.1 Å². The van der Waals surface area contributed by atoms with Gasteiger partial charge in [0.1, 0.15) is 0 Å². The second-order valence-corrected chi connectivity index (χ2v) is 5.83. The zero-order valence-electron chi connectivity index (χ0n) is 13.5. The fourth-order valence-corrected chi connectivity index (χ4v) is 3.03. The van der Waals surface area contributed by atoms with Crippen molar-refractivity contribution in [2.75, 3.05) is 26.7 Å². The van der Waals surface area contributed by atoms with Gasteiger partial charge < -0.3 is 34.5 Å². The summed E-state index contributed by atoms with van der Waals surface area (Å²) in [5, 5.41) is 23.3. The zero-order chi connectivity index (χ0) is 17.2. The maximum atomic E-state index is 10.9. The Morgan fingerprint density at radius 3 is 2.04 bits per heavy atom. The summed E-state index contributed by atoms with van der Waals surface area (Å²) in [7, 11) is 0. The summed E-state index contributed by atoms with van der Waals surface area (Å²) >= 11 is 0. The zero-order valence-corrected chi connectivity index (χ0v) is 13.5. The molecule has 2 aliphatic heterocycles. The van der Waals surface area contributed by atoms with Crippen molar-refractivity contribution in [3.8, 4) is 23.0 Å². The van der Waals surface area contributed by atoms with E-state index < -0.39 is 12.1 Å². The van der Waals surface area contributed by atoms with Gasteiger partial charge in [0.05, 0.1) is 18.8 Å². The Bertz CT molecular complexity index is 765. The molecule has 0 saturated carbocycles. The summed E-state index contributed by atoms with van der Waals surface area (Å²) in [6, 6.07) is 10.5. The highest BCUT2D eigenvalue weighted by Crippen LogP contribution is 2.40. The van der Waals surface area contributed by atoms with Crippen LogP contribution in [0.2, 0.25) is 0 Å². The number of aliphatic hydroxyl groups is 2. The number of nitrogens with one attached hydrogen (secondary N) is 1. The van der Waals surface area contributed by atoms with Crippen LogP contribution in [0.15, 0.2) is 36.4 Å². The molecule has 2 atom stereocenters. The van der Waals surface area contributed by atoms with Gasteiger partial charge in [0.2, 0.25) is 13.6 Å². The molecule has 0 fully saturated rings. The van der Waals surface area contributed by atoms with Crippen molar-refractivity contribution in [1.82, 2.24) is 5.32 Å². The molecule has 7 nitrogen and oxygen atoms in total. The molecule has 3 N–H and O–H groups in total. The first-order valence-corrected chi connectivity index (χ1v) is 8.07. The van der Waals surface area contributed by atoms with Crippen LogP contribution in [0, 0.1) is 0 Å². The topological polar surface area (TPSA) is 89.4 Å². The summed E-state index contributed by atoms with van der Waals surface area (Å²) < 4.78 is 21.5. The van der Waals surface area contributed by atoms with Gasteiger partial charge in [0, 0.05) is 6.54 Å². The molecule has 0 radical (unpaired) electrons. The summed E-state index contributed by atoms with van der Waals surface area (Å²) in [5.41, 5.74) is 1.53. The van der Waals surface area contributed by atoms with Crippen LogP contribution in [0.1, 0.15) is 23.3 Å². The minimum Gasteiger partial charge on any atom is -0.454 e. The molecule has 132 valence electrons. The minimum atomic E-state index is -0.846. The number of hydrogen-bond donors (Lipinski definition) is 3. The van der Waals surface area contributed by atoms with Crippen LogP contribution >= 0.6 is 0 Å². The van der Waals surface area contributed by atoms with Gasteiger partial charge in [-0.25, -0.2) is 0 Å². The Labute approximate surface area is 144 Å². The minimum absolute atomic E-state index is 0.0328. The van der Waals surface area contributed by atoms with Gasteiger partial charge in [-0.05, 0) is 35.4 Å². The predicted molar refractivity (Wildman–Crippen MR) is 87.9 cm³/mol. The van der Waals surface area contributed by atoms with Crippen LogP contribution < -0.4 is 24.3 Å². The SMILES string of the molecule is OCCN[C@H](c1ccc2c(c1)OCO2)[C@H](O)c1ccc2c(c1)OCO2. The fourth-order valence-electron chi connectivity index (χ4n) is 3.03. The largest absolute Gasteiger partial charge is 0.454 e. The van der Waals surface area contributed by atoms with Gasteiger partial charge in [0.25, 0.3) is 0 Å². The number of ether oxygens (including phenoxy) is 4. The van der Waals surface area contributed by atoms with Crippen LogP contribution in [0.3, 0.4) is 0 Å². The smallest absolute Gasteiger partial charge is 0.231 e. The molecule has 0 aromatic heterocycles. The lowest BCUT2D eigenvalue weighted by Crippen LogP contribution is -2.29. The van der Waals surface area contributed by atoms with Gasteiger partial charge in [-0.15, -0.1) is 0 Å². The molecule has 2 heterocycles. The van der Waals surface area contributed by atoms with E-state index in [2.05, 4.69) is 5.32 Å². The van der Waals surface area contributed by atoms with Gasteiger partial charge in [0.15, 0.2) is 23.0 Å². The Morgan fingerprint density at radius 2 is 1.40 bits per heavy atom. The number of aliphatic hydroxyl groups excluding tert-OH is 2. The third-order valence-corrected chi connectivity index (χ3v) is 4.29. The first kappa shape index (κ1) is 16.0. The third-order valence-electron chi connectivity index (χ3n) is 4.29. The summed E-state index contributed by atoms with van der Waals surface area (Å²) in [4.78, 5) is 0. The van der Waals surface area contributed by atoms with Crippen molar-refractivity contribution in [1.29, 1.82) is 0 Å². The number of hydrogen-bond acceptors (Lipinski definition) is 7. The summed E-state index contributed by atoms with van der Waals surface area (Å²) in [5.74, 6) is 2.61. The highest BCUT2D eigenvalue weighted by Gasteiger charge is 2.26. The maximum absolute atomic E-state index is 10.9. The summed E-state index contributed by atoms with van der Waals surface area (Å²) in [6.07, 6.45) is -0.846. The average molecular weight is 345 g/mol. The molecule has 4 rings (SSSR count). The Morgan fingerprint density at radius 1 is 0.840 bits per heavy atom. The van der Waals surface area contributed by atoms with E-state index in [0.29, 0.717) is 35.1 Å². The van der Waals surface area contributed by atoms with E-state index >= 15 is 0 Å². The van der Waals surface area contributed by atoms with Crippen LogP contribution in [0.4, 0.5) is 0 Å². The van der Waals surface area contributed by atoms with Gasteiger partial charge in [-0.3, -0.25) is 0 Å². The highest BCUT2D eigenvalue weighted by atomic mass is 16.7. The second-order valence-electron chi connectivity index (χ2n) is 5.83. The number of rotatable bonds is 6. The number of fused-ring (bicyclic) bond motifs is 2. The second kappa shape index (κ2) is 6.79. The highest BCUT2D eigenvalue weighted by molar-refractivity contribution is 5.48. The standard InChI is InChI=1S/C18H19NO6/c20-6-5-19-17(11-1-3-13-15(7-11)24-9-22-13)18(21)12-2-4-14-16(8-12)25-10-23-14/h1-4,7-8,17-21H,5-6,9-10H2/t17-,18-/m1/s1. The van der Waals surface area contributed by atoms with Crippen LogP contribution in [0.25, 0.3) is 0 Å². The molecule has 7 heteroatoms. The molecule has 0 bridgehead atoms. The van der Waals surface area contributed by atoms with Crippen molar-refractivity contribution in [3.05, 3.63) is 47.5 Å². The Hall–Kier alpha value is -2.48. The van der Waals surface area contributed by atoms with E-state index in [0.717, 1.165) is 5.56 Å². The average Bonchev–Trinajstić information content (AvgIpc) is 3.29. The quantitative estimate of drug-likeness (QED) is 0.731. The molecular weight excluding hydrogens is 326 g/mol. The van der Waals surface area contributed by atoms with E-state index in [9.17, 15) is 10.2 Å². The van der Waals surface area contributed by atoms with E-state index in [4.69, 9.17) is 18.9 Å². The molecule has 0 unspecified atom stereocenters. The molecule has 2 aromatic carbocycles. The van der Waals surface area contributed by atoms with Crippen molar-refractivity contribution >= 4 is 0 Å². The lowest BCUT2D eigenvalue weighted by atomic mass is 9.95. The molecule has 0 aliphatic carbocycles. The monoisotopic (exact) mass is 345 g/mol. The fraction of sp³-hybridized carbons (Fsp3) is 0.333. The van der Waals surface area contributed by atoms with E-state index in [-0.39, 0.29) is 20.2 Å². The third kappa shape index (κ3) is 3.09. The van der Waals surface area contributed by atoms with Crippen molar-refractivity contribution < 1.29 is 29.2 Å². The van der Waals surface area contributed by atoms with Crippen LogP contribution in [-0.2, 0) is 0 Å². The Kier molecular flexibility index (Phi) is 4.35. The maximum Gasteiger partial charge on any atom is 0.231 e. The molecule has 0 saturated heterocycles. The Balaban J connectivity index is 1.64. The molecule has 25 heavy (non-hydrogen) atoms. The first-order chi connectivity index (χ1) is 12.3. The van der Waals surface area contributed by atoms with Gasteiger partial charge in [-0.2, -0.15) is 0 Å². The normalized spacial score (nSPS) is 16.7. The number of benzene rings is 2. The van der Waals surface area contributed by atoms with Crippen LogP contribution in [0.5, 0.6) is 23.0 Å². The molecular formula is C18H19NO6. The lowest BCUT2D eigenvalue weighted by molar-refractivity contribution is 0.124. The van der Waals surface area contributed by atoms with E-state index in [1.54, 1.807) is 18.2 Å². The molecule has 2 aliphatic rings. The van der Waals surface area contributed by atoms with Crippen LogP contribution in [-0.4, -0.2) is 37.0 Å².